The van der Waals surface area contributed by atoms with Crippen LogP contribution in [0.4, 0.5) is 5.69 Å². The van der Waals surface area contributed by atoms with Crippen LogP contribution in [0, 0.1) is 18.8 Å². The molecule has 1 saturated carbocycles. The van der Waals surface area contributed by atoms with Crippen LogP contribution in [0.5, 0.6) is 5.75 Å². The molecule has 0 spiro atoms. The lowest BCUT2D eigenvalue weighted by molar-refractivity contribution is 0.0696. The molecule has 1 aliphatic carbocycles. The number of aromatic carboxylic acids is 1. The number of anilines is 1. The molecule has 2 N–H and O–H groups in total. The number of carbonyl (C=O) groups is 1. The first-order valence-electron chi connectivity index (χ1n) is 9.79. The van der Waals surface area contributed by atoms with Gasteiger partial charge >= 0.3 is 5.97 Å². The van der Waals surface area contributed by atoms with Gasteiger partial charge in [-0.2, -0.15) is 8.42 Å². The van der Waals surface area contributed by atoms with Crippen molar-refractivity contribution in [3.8, 4) is 17.6 Å². The number of nitrogens with zero attached hydrogens (tertiary/aromatic N) is 1. The third-order valence-corrected chi connectivity index (χ3v) is 7.13. The summed E-state index contributed by atoms with van der Waals surface area (Å²) in [6.07, 6.45) is 2.33. The van der Waals surface area contributed by atoms with Gasteiger partial charge < -0.3 is 9.84 Å². The first-order valence-corrected chi connectivity index (χ1v) is 12.2. The van der Waals surface area contributed by atoms with Crippen LogP contribution in [0.25, 0.3) is 0 Å². The zero-order valence-corrected chi connectivity index (χ0v) is 19.0. The Bertz CT molecular complexity index is 1360. The van der Waals surface area contributed by atoms with Crippen LogP contribution in [-0.4, -0.2) is 31.6 Å². The molecular formula is C23H20N2O5S2. The molecule has 1 aromatic heterocycles. The predicted molar refractivity (Wildman–Crippen MR) is 122 cm³/mol. The standard InChI is InChI=1S/C23H20N2O5S2/c1-14-3-4-15(18(11-14)16-5-6-16)8-10-21-24-22(13-31-21)32(28,29)25-19-9-7-17(23(26)27)12-20(19)30-2/h3-4,7,9,11-13,16,25H,5-6H2,1-2H3,(H,26,27). The average molecular weight is 469 g/mol. The molecule has 1 fully saturated rings. The zero-order valence-electron chi connectivity index (χ0n) is 17.4. The van der Waals surface area contributed by atoms with E-state index in [1.54, 1.807) is 0 Å². The Morgan fingerprint density at radius 3 is 2.69 bits per heavy atom. The second-order valence-corrected chi connectivity index (χ2v) is 9.92. The third kappa shape index (κ3) is 4.77. The van der Waals surface area contributed by atoms with Crippen LogP contribution >= 0.6 is 11.3 Å². The van der Waals surface area contributed by atoms with Crippen molar-refractivity contribution in [2.45, 2.75) is 30.7 Å². The Balaban J connectivity index is 1.57. The van der Waals surface area contributed by atoms with Crippen LogP contribution in [0.1, 0.15) is 50.8 Å². The van der Waals surface area contributed by atoms with Gasteiger partial charge in [0.15, 0.2) is 10.0 Å². The fourth-order valence-electron chi connectivity index (χ4n) is 3.19. The topological polar surface area (TPSA) is 106 Å². The van der Waals surface area contributed by atoms with E-state index in [0.29, 0.717) is 10.9 Å². The molecule has 32 heavy (non-hydrogen) atoms. The molecule has 0 bridgehead atoms. The highest BCUT2D eigenvalue weighted by Gasteiger charge is 2.25. The van der Waals surface area contributed by atoms with Crippen molar-refractivity contribution in [3.63, 3.8) is 0 Å². The van der Waals surface area contributed by atoms with Crippen molar-refractivity contribution in [3.05, 3.63) is 69.0 Å². The summed E-state index contributed by atoms with van der Waals surface area (Å²) in [5.74, 6) is 5.62. The van der Waals surface area contributed by atoms with Crippen LogP contribution in [0.3, 0.4) is 0 Å². The molecular weight excluding hydrogens is 448 g/mol. The fourth-order valence-corrected chi connectivity index (χ4v) is 5.20. The molecule has 0 amide bonds. The predicted octanol–water partition coefficient (Wildman–Crippen LogP) is 4.24. The number of sulfonamides is 1. The third-order valence-electron chi connectivity index (χ3n) is 4.98. The highest BCUT2D eigenvalue weighted by atomic mass is 32.2. The van der Waals surface area contributed by atoms with Gasteiger partial charge in [0.05, 0.1) is 18.4 Å². The number of ether oxygens (including phenoxy) is 1. The minimum atomic E-state index is -4.00. The van der Waals surface area contributed by atoms with Gasteiger partial charge in [0, 0.05) is 10.9 Å². The summed E-state index contributed by atoms with van der Waals surface area (Å²) in [6, 6.07) is 10.0. The lowest BCUT2D eigenvalue weighted by atomic mass is 10.0. The SMILES string of the molecule is COc1cc(C(=O)O)ccc1NS(=O)(=O)c1csc(C#Cc2ccc(C)cc2C2CC2)n1. The number of nitrogens with one attached hydrogen (secondary N) is 1. The van der Waals surface area contributed by atoms with Gasteiger partial charge in [-0.1, -0.05) is 23.6 Å². The summed E-state index contributed by atoms with van der Waals surface area (Å²) in [6.45, 7) is 2.05. The van der Waals surface area contributed by atoms with E-state index in [0.717, 1.165) is 16.9 Å². The van der Waals surface area contributed by atoms with Gasteiger partial charge in [-0.3, -0.25) is 4.72 Å². The number of hydrogen-bond donors (Lipinski definition) is 2. The van der Waals surface area contributed by atoms with Gasteiger partial charge in [-0.05, 0) is 61.4 Å². The molecule has 7 nitrogen and oxygen atoms in total. The maximum absolute atomic E-state index is 12.8. The second-order valence-electron chi connectivity index (χ2n) is 7.43. The van der Waals surface area contributed by atoms with Gasteiger partial charge in [-0.15, -0.1) is 11.3 Å². The Morgan fingerprint density at radius 1 is 1.22 bits per heavy atom. The maximum atomic E-state index is 12.8. The summed E-state index contributed by atoms with van der Waals surface area (Å²) in [5.41, 5.74) is 3.47. The first-order chi connectivity index (χ1) is 15.3. The molecule has 0 radical (unpaired) electrons. The summed E-state index contributed by atoms with van der Waals surface area (Å²) < 4.78 is 33.1. The number of aryl methyl sites for hydroxylation is 1. The molecule has 9 heteroatoms. The second kappa shape index (κ2) is 8.65. The fraction of sp³-hybridized carbons (Fsp3) is 0.217. The summed E-state index contributed by atoms with van der Waals surface area (Å²) in [7, 11) is -2.67. The Hall–Kier alpha value is -3.35. The van der Waals surface area contributed by atoms with E-state index in [1.807, 2.05) is 12.1 Å². The molecule has 3 aromatic rings. The number of benzene rings is 2. The number of methoxy groups -OCH3 is 1. The van der Waals surface area contributed by atoms with Crippen LogP contribution in [0.15, 0.2) is 46.8 Å². The van der Waals surface area contributed by atoms with E-state index in [1.165, 1.54) is 54.7 Å². The van der Waals surface area contributed by atoms with E-state index in [2.05, 4.69) is 34.5 Å². The van der Waals surface area contributed by atoms with E-state index >= 15 is 0 Å². The number of aromatic nitrogens is 1. The largest absolute Gasteiger partial charge is 0.495 e. The van der Waals surface area contributed by atoms with Crippen molar-refractivity contribution >= 4 is 33.0 Å². The highest BCUT2D eigenvalue weighted by Crippen LogP contribution is 2.41. The number of thiazole rings is 1. The molecule has 164 valence electrons. The molecule has 0 saturated heterocycles. The summed E-state index contributed by atoms with van der Waals surface area (Å²) in [4.78, 5) is 15.3. The Morgan fingerprint density at radius 2 is 2.00 bits per heavy atom. The molecule has 0 unspecified atom stereocenters. The van der Waals surface area contributed by atoms with Crippen LogP contribution in [-0.2, 0) is 10.0 Å². The van der Waals surface area contributed by atoms with E-state index in [4.69, 9.17) is 9.84 Å². The quantitative estimate of drug-likeness (QED) is 0.525. The Labute approximate surface area is 190 Å². The monoisotopic (exact) mass is 468 g/mol. The van der Waals surface area contributed by atoms with Crippen molar-refractivity contribution < 1.29 is 23.1 Å². The van der Waals surface area contributed by atoms with Crippen molar-refractivity contribution in [1.29, 1.82) is 0 Å². The lowest BCUT2D eigenvalue weighted by Crippen LogP contribution is -2.14. The number of rotatable bonds is 6. The number of hydrogen-bond acceptors (Lipinski definition) is 6. The number of carboxylic acids is 1. The normalized spacial score (nSPS) is 13.2. The van der Waals surface area contributed by atoms with Gasteiger partial charge in [0.25, 0.3) is 10.0 Å². The average Bonchev–Trinajstić information content (AvgIpc) is 3.49. The molecule has 4 rings (SSSR count). The van der Waals surface area contributed by atoms with Gasteiger partial charge in [-0.25, -0.2) is 9.78 Å². The summed E-state index contributed by atoms with van der Waals surface area (Å²) >= 11 is 1.14. The molecule has 2 aromatic carbocycles. The molecule has 0 atom stereocenters. The number of carboxylic acid groups (broad SMARTS) is 1. The Kier molecular flexibility index (Phi) is 5.91. The van der Waals surface area contributed by atoms with Crippen LogP contribution in [0.2, 0.25) is 0 Å². The van der Waals surface area contributed by atoms with Crippen LogP contribution < -0.4 is 9.46 Å². The van der Waals surface area contributed by atoms with Gasteiger partial charge in [0.1, 0.15) is 5.75 Å². The minimum Gasteiger partial charge on any atom is -0.495 e. The van der Waals surface area contributed by atoms with E-state index in [-0.39, 0.29) is 22.0 Å². The van der Waals surface area contributed by atoms with Crippen molar-refractivity contribution in [1.82, 2.24) is 4.98 Å². The van der Waals surface area contributed by atoms with Crippen molar-refractivity contribution in [2.24, 2.45) is 0 Å². The van der Waals surface area contributed by atoms with E-state index < -0.39 is 16.0 Å². The van der Waals surface area contributed by atoms with Crippen molar-refractivity contribution in [2.75, 3.05) is 11.8 Å². The van der Waals surface area contributed by atoms with E-state index in [9.17, 15) is 13.2 Å². The lowest BCUT2D eigenvalue weighted by Gasteiger charge is -2.11. The molecule has 1 aliphatic rings. The highest BCUT2D eigenvalue weighted by molar-refractivity contribution is 7.92. The minimum absolute atomic E-state index is 0.0160. The first kappa shape index (κ1) is 21.9. The summed E-state index contributed by atoms with van der Waals surface area (Å²) in [5, 5.41) is 10.7. The zero-order chi connectivity index (χ0) is 22.9. The maximum Gasteiger partial charge on any atom is 0.335 e. The molecule has 0 aliphatic heterocycles. The molecule has 1 heterocycles. The smallest absolute Gasteiger partial charge is 0.335 e. The van der Waals surface area contributed by atoms with Gasteiger partial charge in [0.2, 0.25) is 0 Å².